The Bertz CT molecular complexity index is 505. The molecule has 3 atom stereocenters. The highest BCUT2D eigenvalue weighted by molar-refractivity contribution is 7.91. The fraction of sp³-hybridized carbons (Fsp3) is 0.600. The molecule has 3 unspecified atom stereocenters. The van der Waals surface area contributed by atoms with Crippen molar-refractivity contribution in [2.45, 2.75) is 56.6 Å². The molecule has 0 aliphatic rings. The lowest BCUT2D eigenvalue weighted by molar-refractivity contribution is 0.0227. The Morgan fingerprint density at radius 1 is 1.10 bits per heavy atom. The fourth-order valence-electron chi connectivity index (χ4n) is 2.09. The van der Waals surface area contributed by atoms with Crippen molar-refractivity contribution in [1.29, 1.82) is 0 Å². The van der Waals surface area contributed by atoms with Crippen molar-refractivity contribution < 1.29 is 18.6 Å². The molecule has 4 nitrogen and oxygen atoms in total. The molecule has 0 radical (unpaired) electrons. The summed E-state index contributed by atoms with van der Waals surface area (Å²) in [5, 5.41) is 19.0. The molecule has 0 aromatic heterocycles. The number of sulfone groups is 1. The third kappa shape index (κ3) is 4.58. The SMILES string of the molecule is CCCS(=O)(=O)c1ccc(C(C)CC(O)C(C)O)cc1. The molecule has 0 heterocycles. The zero-order valence-corrected chi connectivity index (χ0v) is 13.1. The molecule has 2 N–H and O–H groups in total. The normalized spacial score (nSPS) is 16.6. The summed E-state index contributed by atoms with van der Waals surface area (Å²) >= 11 is 0. The Morgan fingerprint density at radius 3 is 2.10 bits per heavy atom. The van der Waals surface area contributed by atoms with Crippen molar-refractivity contribution in [3.63, 3.8) is 0 Å². The predicted octanol–water partition coefficient (Wildman–Crippen LogP) is 2.11. The molecule has 0 spiro atoms. The van der Waals surface area contributed by atoms with E-state index in [1.807, 2.05) is 13.8 Å². The standard InChI is InChI=1S/C15H24O4S/c1-4-9-20(18,19)14-7-5-13(6-8-14)11(2)10-15(17)12(3)16/h5-8,11-12,15-17H,4,9-10H2,1-3H3. The van der Waals surface area contributed by atoms with Crippen molar-refractivity contribution >= 4 is 9.84 Å². The van der Waals surface area contributed by atoms with E-state index in [0.717, 1.165) is 5.56 Å². The Balaban J connectivity index is 2.81. The molecule has 0 fully saturated rings. The van der Waals surface area contributed by atoms with Crippen molar-refractivity contribution in [3.05, 3.63) is 29.8 Å². The molecule has 1 aromatic rings. The topological polar surface area (TPSA) is 74.6 Å². The molecule has 0 bridgehead atoms. The molecule has 20 heavy (non-hydrogen) atoms. The van der Waals surface area contributed by atoms with Crippen LogP contribution in [0.15, 0.2) is 29.2 Å². The highest BCUT2D eigenvalue weighted by Gasteiger charge is 2.17. The van der Waals surface area contributed by atoms with Gasteiger partial charge in [-0.2, -0.15) is 0 Å². The van der Waals surface area contributed by atoms with E-state index in [1.54, 1.807) is 31.2 Å². The van der Waals surface area contributed by atoms with E-state index in [9.17, 15) is 18.6 Å². The van der Waals surface area contributed by atoms with Crippen LogP contribution in [0.4, 0.5) is 0 Å². The van der Waals surface area contributed by atoms with Gasteiger partial charge < -0.3 is 10.2 Å². The highest BCUT2D eigenvalue weighted by Crippen LogP contribution is 2.23. The van der Waals surface area contributed by atoms with Gasteiger partial charge in [-0.25, -0.2) is 8.42 Å². The van der Waals surface area contributed by atoms with Gasteiger partial charge >= 0.3 is 0 Å². The minimum absolute atomic E-state index is 0.0579. The second-order valence-electron chi connectivity index (χ2n) is 5.33. The summed E-state index contributed by atoms with van der Waals surface area (Å²) in [6, 6.07) is 6.79. The molecule has 0 aliphatic carbocycles. The number of rotatable bonds is 7. The van der Waals surface area contributed by atoms with Gasteiger partial charge in [-0.1, -0.05) is 26.0 Å². The summed E-state index contributed by atoms with van der Waals surface area (Å²) in [6.07, 6.45) is -0.491. The summed E-state index contributed by atoms with van der Waals surface area (Å²) < 4.78 is 23.8. The van der Waals surface area contributed by atoms with E-state index < -0.39 is 22.0 Å². The Hall–Kier alpha value is -0.910. The molecule has 114 valence electrons. The lowest BCUT2D eigenvalue weighted by Gasteiger charge is -2.19. The smallest absolute Gasteiger partial charge is 0.178 e. The van der Waals surface area contributed by atoms with Crippen LogP contribution in [-0.4, -0.2) is 36.6 Å². The highest BCUT2D eigenvalue weighted by atomic mass is 32.2. The first-order chi connectivity index (χ1) is 9.27. The van der Waals surface area contributed by atoms with E-state index in [1.165, 1.54) is 0 Å². The Labute approximate surface area is 121 Å². The van der Waals surface area contributed by atoms with Crippen molar-refractivity contribution in [1.82, 2.24) is 0 Å². The van der Waals surface area contributed by atoms with Gasteiger partial charge in [0.15, 0.2) is 9.84 Å². The first kappa shape index (κ1) is 17.1. The average molecular weight is 300 g/mol. The Kier molecular flexibility index (Phi) is 6.17. The zero-order valence-electron chi connectivity index (χ0n) is 12.3. The maximum atomic E-state index is 11.9. The Morgan fingerprint density at radius 2 is 1.65 bits per heavy atom. The molecule has 0 amide bonds. The van der Waals surface area contributed by atoms with Crippen molar-refractivity contribution in [3.8, 4) is 0 Å². The largest absolute Gasteiger partial charge is 0.391 e. The quantitative estimate of drug-likeness (QED) is 0.808. The van der Waals surface area contributed by atoms with Crippen LogP contribution in [-0.2, 0) is 9.84 Å². The first-order valence-electron chi connectivity index (χ1n) is 6.96. The number of aliphatic hydroxyl groups excluding tert-OH is 2. The minimum Gasteiger partial charge on any atom is -0.391 e. The molecule has 0 aliphatic heterocycles. The van der Waals surface area contributed by atoms with Crippen LogP contribution in [0.1, 0.15) is 45.1 Å². The summed E-state index contributed by atoms with van der Waals surface area (Å²) in [7, 11) is -3.18. The molecule has 0 saturated carbocycles. The molecular formula is C15H24O4S. The second kappa shape index (κ2) is 7.20. The van der Waals surface area contributed by atoms with Gasteiger partial charge in [-0.15, -0.1) is 0 Å². The summed E-state index contributed by atoms with van der Waals surface area (Å²) in [4.78, 5) is 0.339. The van der Waals surface area contributed by atoms with Crippen LogP contribution in [0, 0.1) is 0 Å². The lowest BCUT2D eigenvalue weighted by Crippen LogP contribution is -2.24. The van der Waals surface area contributed by atoms with Gasteiger partial charge in [-0.05, 0) is 43.4 Å². The molecule has 5 heteroatoms. The molecular weight excluding hydrogens is 276 g/mol. The molecule has 1 aromatic carbocycles. The summed E-state index contributed by atoms with van der Waals surface area (Å²) in [5.74, 6) is 0.213. The van der Waals surface area contributed by atoms with E-state index >= 15 is 0 Å². The maximum Gasteiger partial charge on any atom is 0.178 e. The van der Waals surface area contributed by atoms with Gasteiger partial charge in [0.25, 0.3) is 0 Å². The van der Waals surface area contributed by atoms with E-state index in [2.05, 4.69) is 0 Å². The number of hydrogen-bond acceptors (Lipinski definition) is 4. The second-order valence-corrected chi connectivity index (χ2v) is 7.44. The number of benzene rings is 1. The third-order valence-electron chi connectivity index (χ3n) is 3.43. The average Bonchev–Trinajstić information content (AvgIpc) is 2.38. The zero-order chi connectivity index (χ0) is 15.3. The minimum atomic E-state index is -3.18. The predicted molar refractivity (Wildman–Crippen MR) is 79.5 cm³/mol. The van der Waals surface area contributed by atoms with Crippen LogP contribution in [0.2, 0.25) is 0 Å². The molecule has 1 rings (SSSR count). The number of aliphatic hydroxyl groups is 2. The van der Waals surface area contributed by atoms with Gasteiger partial charge in [0.05, 0.1) is 22.9 Å². The number of hydrogen-bond donors (Lipinski definition) is 2. The first-order valence-corrected chi connectivity index (χ1v) is 8.62. The van der Waals surface area contributed by atoms with Crippen LogP contribution >= 0.6 is 0 Å². The fourth-order valence-corrected chi connectivity index (χ4v) is 3.41. The van der Waals surface area contributed by atoms with Gasteiger partial charge in [0.2, 0.25) is 0 Å². The summed E-state index contributed by atoms with van der Waals surface area (Å²) in [5.41, 5.74) is 0.958. The summed E-state index contributed by atoms with van der Waals surface area (Å²) in [6.45, 7) is 5.34. The van der Waals surface area contributed by atoms with Crippen LogP contribution in [0.3, 0.4) is 0 Å². The van der Waals surface area contributed by atoms with Gasteiger partial charge in [-0.3, -0.25) is 0 Å². The van der Waals surface area contributed by atoms with E-state index in [-0.39, 0.29) is 11.7 Å². The van der Waals surface area contributed by atoms with Crippen LogP contribution in [0.25, 0.3) is 0 Å². The van der Waals surface area contributed by atoms with Gasteiger partial charge in [0.1, 0.15) is 0 Å². The van der Waals surface area contributed by atoms with Crippen molar-refractivity contribution in [2.24, 2.45) is 0 Å². The third-order valence-corrected chi connectivity index (χ3v) is 5.37. The monoisotopic (exact) mass is 300 g/mol. The van der Waals surface area contributed by atoms with Crippen molar-refractivity contribution in [2.75, 3.05) is 5.75 Å². The van der Waals surface area contributed by atoms with E-state index in [0.29, 0.717) is 17.7 Å². The maximum absolute atomic E-state index is 11.9. The van der Waals surface area contributed by atoms with Crippen LogP contribution < -0.4 is 0 Å². The lowest BCUT2D eigenvalue weighted by atomic mass is 9.93. The molecule has 0 saturated heterocycles. The van der Waals surface area contributed by atoms with Gasteiger partial charge in [0, 0.05) is 0 Å². The van der Waals surface area contributed by atoms with E-state index in [4.69, 9.17) is 0 Å². The van der Waals surface area contributed by atoms with Crippen LogP contribution in [0.5, 0.6) is 0 Å².